The quantitative estimate of drug-likeness (QED) is 0.789. The first-order chi connectivity index (χ1) is 8.65. The van der Waals surface area contributed by atoms with E-state index in [1.165, 1.54) is 0 Å². The van der Waals surface area contributed by atoms with E-state index < -0.39 is 0 Å². The van der Waals surface area contributed by atoms with Crippen LogP contribution in [-0.2, 0) is 11.2 Å². The molecule has 0 saturated carbocycles. The van der Waals surface area contributed by atoms with Crippen LogP contribution < -0.4 is 5.32 Å². The maximum atomic E-state index is 12.0. The lowest BCUT2D eigenvalue weighted by Gasteiger charge is -2.09. The lowest BCUT2D eigenvalue weighted by atomic mass is 9.94. The summed E-state index contributed by atoms with van der Waals surface area (Å²) in [6, 6.07) is 0. The number of aryl methyl sites for hydroxylation is 1. The molecule has 0 bridgehead atoms. The third-order valence-electron chi connectivity index (χ3n) is 3.26. The Hall–Kier alpha value is -1.62. The average Bonchev–Trinajstić information content (AvgIpc) is 2.68. The maximum Gasteiger partial charge on any atom is 0.268 e. The predicted molar refractivity (Wildman–Crippen MR) is 67.0 cm³/mol. The van der Waals surface area contributed by atoms with Gasteiger partial charge in [-0.2, -0.15) is 0 Å². The zero-order valence-corrected chi connectivity index (χ0v) is 10.8. The molecule has 98 valence electrons. The fraction of sp³-hybridized carbons (Fsp3) is 0.538. The van der Waals surface area contributed by atoms with Gasteiger partial charge in [0.15, 0.2) is 5.78 Å². The van der Waals surface area contributed by atoms with Gasteiger partial charge in [-0.05, 0) is 25.3 Å². The number of ether oxygens (including phenoxy) is 1. The monoisotopic (exact) mass is 250 g/mol. The van der Waals surface area contributed by atoms with E-state index in [-0.39, 0.29) is 11.7 Å². The molecule has 2 rings (SSSR count). The van der Waals surface area contributed by atoms with Crippen LogP contribution in [-0.4, -0.2) is 36.9 Å². The molecule has 0 radical (unpaired) electrons. The molecule has 1 aromatic heterocycles. The number of amides is 1. The summed E-state index contributed by atoms with van der Waals surface area (Å²) < 4.78 is 4.88. The van der Waals surface area contributed by atoms with Crippen LogP contribution in [0.15, 0.2) is 0 Å². The van der Waals surface area contributed by atoms with Gasteiger partial charge in [0.2, 0.25) is 0 Å². The Labute approximate surface area is 106 Å². The van der Waals surface area contributed by atoms with Crippen molar-refractivity contribution < 1.29 is 14.3 Å². The molecule has 0 atom stereocenters. The van der Waals surface area contributed by atoms with Crippen LogP contribution >= 0.6 is 0 Å². The molecule has 1 heterocycles. The van der Waals surface area contributed by atoms with Crippen molar-refractivity contribution in [1.29, 1.82) is 0 Å². The fourth-order valence-corrected chi connectivity index (χ4v) is 2.36. The van der Waals surface area contributed by atoms with Gasteiger partial charge in [-0.3, -0.25) is 9.59 Å². The van der Waals surface area contributed by atoms with Crippen LogP contribution in [0.5, 0.6) is 0 Å². The Morgan fingerprint density at radius 1 is 1.44 bits per heavy atom. The number of carbonyl (C=O) groups is 2. The van der Waals surface area contributed by atoms with Crippen molar-refractivity contribution in [1.82, 2.24) is 10.3 Å². The molecule has 2 N–H and O–H groups in total. The Kier molecular flexibility index (Phi) is 3.81. The van der Waals surface area contributed by atoms with Crippen molar-refractivity contribution in [2.75, 3.05) is 20.3 Å². The smallest absolute Gasteiger partial charge is 0.268 e. The lowest BCUT2D eigenvalue weighted by molar-refractivity contribution is 0.0931. The van der Waals surface area contributed by atoms with E-state index in [9.17, 15) is 9.59 Å². The number of aromatic nitrogens is 1. The fourth-order valence-electron chi connectivity index (χ4n) is 2.36. The van der Waals surface area contributed by atoms with E-state index in [2.05, 4.69) is 10.3 Å². The molecule has 0 unspecified atom stereocenters. The van der Waals surface area contributed by atoms with Gasteiger partial charge < -0.3 is 15.0 Å². The third kappa shape index (κ3) is 2.31. The molecule has 0 aliphatic heterocycles. The van der Waals surface area contributed by atoms with Crippen molar-refractivity contribution >= 4 is 11.7 Å². The van der Waals surface area contributed by atoms with Gasteiger partial charge >= 0.3 is 0 Å². The third-order valence-corrected chi connectivity index (χ3v) is 3.26. The van der Waals surface area contributed by atoms with E-state index in [1.54, 1.807) is 7.11 Å². The molecule has 1 aromatic rings. The highest BCUT2D eigenvalue weighted by atomic mass is 16.5. The minimum atomic E-state index is -0.174. The summed E-state index contributed by atoms with van der Waals surface area (Å²) in [4.78, 5) is 26.9. The van der Waals surface area contributed by atoms with Crippen LogP contribution in [0, 0.1) is 6.92 Å². The highest BCUT2D eigenvalue weighted by molar-refractivity contribution is 6.04. The molecule has 0 fully saturated rings. The zero-order valence-electron chi connectivity index (χ0n) is 10.8. The number of aromatic amines is 1. The Bertz CT molecular complexity index is 477. The number of H-pyrrole nitrogens is 1. The number of methoxy groups -OCH3 is 1. The van der Waals surface area contributed by atoms with Gasteiger partial charge in [0.1, 0.15) is 5.69 Å². The van der Waals surface area contributed by atoms with Gasteiger partial charge in [0, 0.05) is 31.3 Å². The van der Waals surface area contributed by atoms with Gasteiger partial charge in [-0.25, -0.2) is 0 Å². The van der Waals surface area contributed by atoms with Crippen molar-refractivity contribution in [3.8, 4) is 0 Å². The number of fused-ring (bicyclic) bond motifs is 1. The summed E-state index contributed by atoms with van der Waals surface area (Å²) in [6.45, 7) is 2.76. The van der Waals surface area contributed by atoms with E-state index in [0.717, 1.165) is 29.7 Å². The highest BCUT2D eigenvalue weighted by Crippen LogP contribution is 2.26. The molecule has 0 spiro atoms. The number of ketones is 1. The Morgan fingerprint density at radius 2 is 2.22 bits per heavy atom. The van der Waals surface area contributed by atoms with E-state index in [4.69, 9.17) is 4.74 Å². The van der Waals surface area contributed by atoms with E-state index in [1.807, 2.05) is 6.92 Å². The van der Waals surface area contributed by atoms with Crippen molar-refractivity contribution in [3.63, 3.8) is 0 Å². The molecular formula is C13H18N2O3. The number of rotatable bonds is 4. The number of carbonyl (C=O) groups excluding carboxylic acids is 2. The topological polar surface area (TPSA) is 71.2 Å². The van der Waals surface area contributed by atoms with Gasteiger partial charge in [-0.15, -0.1) is 0 Å². The van der Waals surface area contributed by atoms with Gasteiger partial charge in [0.05, 0.1) is 6.61 Å². The summed E-state index contributed by atoms with van der Waals surface area (Å²) in [5, 5.41) is 2.76. The van der Waals surface area contributed by atoms with Crippen molar-refractivity contribution in [2.45, 2.75) is 26.2 Å². The zero-order chi connectivity index (χ0) is 13.1. The minimum absolute atomic E-state index is 0.140. The molecule has 1 aliphatic rings. The highest BCUT2D eigenvalue weighted by Gasteiger charge is 2.25. The second-order valence-electron chi connectivity index (χ2n) is 4.50. The molecule has 5 nitrogen and oxygen atoms in total. The summed E-state index contributed by atoms with van der Waals surface area (Å²) in [5.74, 6) is -0.0345. The van der Waals surface area contributed by atoms with Gasteiger partial charge in [0.25, 0.3) is 5.91 Å². The molecule has 0 aromatic carbocycles. The minimum Gasteiger partial charge on any atom is -0.383 e. The van der Waals surface area contributed by atoms with Crippen molar-refractivity contribution in [3.05, 3.63) is 22.5 Å². The van der Waals surface area contributed by atoms with E-state index >= 15 is 0 Å². The van der Waals surface area contributed by atoms with Crippen LogP contribution in [0.1, 0.15) is 44.9 Å². The SMILES string of the molecule is COCCNC(=O)c1[nH]c2c(c1C)C(=O)CCC2. The average molecular weight is 250 g/mol. The first-order valence-corrected chi connectivity index (χ1v) is 6.17. The number of hydrogen-bond acceptors (Lipinski definition) is 3. The summed E-state index contributed by atoms with van der Waals surface area (Å²) in [6.07, 6.45) is 2.28. The molecule has 0 saturated heterocycles. The van der Waals surface area contributed by atoms with Crippen LogP contribution in [0.2, 0.25) is 0 Å². The van der Waals surface area contributed by atoms with Crippen molar-refractivity contribution in [2.24, 2.45) is 0 Å². The first-order valence-electron chi connectivity index (χ1n) is 6.17. The van der Waals surface area contributed by atoms with Crippen LogP contribution in [0.3, 0.4) is 0 Å². The Balaban J connectivity index is 2.19. The van der Waals surface area contributed by atoms with Crippen LogP contribution in [0.4, 0.5) is 0 Å². The normalized spacial score (nSPS) is 14.4. The number of nitrogens with one attached hydrogen (secondary N) is 2. The molecule has 1 amide bonds. The molecule has 18 heavy (non-hydrogen) atoms. The standard InChI is InChI=1S/C13H18N2O3/c1-8-11-9(4-3-5-10(11)16)15-12(8)13(17)14-6-7-18-2/h15H,3-7H2,1-2H3,(H,14,17). The van der Waals surface area contributed by atoms with Gasteiger partial charge in [-0.1, -0.05) is 0 Å². The van der Waals surface area contributed by atoms with E-state index in [0.29, 0.717) is 25.3 Å². The molecule has 5 heteroatoms. The summed E-state index contributed by atoms with van der Waals surface area (Å²) in [7, 11) is 1.59. The predicted octanol–water partition coefficient (Wildman–Crippen LogP) is 1.22. The largest absolute Gasteiger partial charge is 0.383 e. The molecule has 1 aliphatic carbocycles. The van der Waals surface area contributed by atoms with Crippen LogP contribution in [0.25, 0.3) is 0 Å². The lowest BCUT2D eigenvalue weighted by Crippen LogP contribution is -2.27. The number of Topliss-reactive ketones (excluding diaryl/α,β-unsaturated/α-hetero) is 1. The maximum absolute atomic E-state index is 12.0. The summed E-state index contributed by atoms with van der Waals surface area (Å²) >= 11 is 0. The summed E-state index contributed by atoms with van der Waals surface area (Å²) in [5.41, 5.74) is 2.90. The first kappa shape index (κ1) is 12.8. The second kappa shape index (κ2) is 5.35. The second-order valence-corrected chi connectivity index (χ2v) is 4.50. The Morgan fingerprint density at radius 3 is 2.89 bits per heavy atom. The molecular weight excluding hydrogens is 232 g/mol. The number of hydrogen-bond donors (Lipinski definition) is 2.